The molecular formula is C16H22ClN3O3. The number of carbonyl (C=O) groups is 2. The van der Waals surface area contributed by atoms with Crippen molar-refractivity contribution in [3.63, 3.8) is 0 Å². The molecule has 0 unspecified atom stereocenters. The molecule has 0 saturated carbocycles. The summed E-state index contributed by atoms with van der Waals surface area (Å²) in [6.07, 6.45) is 0.945. The van der Waals surface area contributed by atoms with Gasteiger partial charge in [0.1, 0.15) is 0 Å². The van der Waals surface area contributed by atoms with E-state index >= 15 is 0 Å². The number of benzene rings is 1. The van der Waals surface area contributed by atoms with Gasteiger partial charge in [-0.15, -0.1) is 0 Å². The van der Waals surface area contributed by atoms with Crippen molar-refractivity contribution in [2.75, 3.05) is 38.2 Å². The van der Waals surface area contributed by atoms with E-state index in [1.54, 1.807) is 29.2 Å². The second-order valence-corrected chi connectivity index (χ2v) is 5.91. The van der Waals surface area contributed by atoms with Crippen LogP contribution in [0.15, 0.2) is 24.3 Å². The first-order valence-electron chi connectivity index (χ1n) is 7.74. The number of hydrogen-bond donors (Lipinski definition) is 2. The molecule has 1 atom stereocenters. The zero-order valence-corrected chi connectivity index (χ0v) is 13.9. The maximum Gasteiger partial charge on any atom is 0.319 e. The molecule has 1 aromatic rings. The van der Waals surface area contributed by atoms with Gasteiger partial charge >= 0.3 is 6.03 Å². The van der Waals surface area contributed by atoms with Crippen molar-refractivity contribution in [2.24, 2.45) is 5.92 Å². The van der Waals surface area contributed by atoms with Crippen molar-refractivity contribution >= 4 is 29.2 Å². The van der Waals surface area contributed by atoms with Crippen LogP contribution in [0.25, 0.3) is 0 Å². The molecule has 2 rings (SSSR count). The normalized spacial score (nSPS) is 17.1. The summed E-state index contributed by atoms with van der Waals surface area (Å²) >= 11 is 5.85. The molecule has 3 amide bonds. The summed E-state index contributed by atoms with van der Waals surface area (Å²) < 4.78 is 5.39. The van der Waals surface area contributed by atoms with Gasteiger partial charge in [0.05, 0.1) is 13.2 Å². The Morgan fingerprint density at radius 2 is 2.26 bits per heavy atom. The number of hydrogen-bond acceptors (Lipinski definition) is 3. The zero-order valence-electron chi connectivity index (χ0n) is 13.2. The SMILES string of the molecule is CCOC[C@H]1CCN(C(=O)CNC(=O)Nc2cccc(Cl)c2)C1. The van der Waals surface area contributed by atoms with Crippen molar-refractivity contribution in [1.82, 2.24) is 10.2 Å². The van der Waals surface area contributed by atoms with Crippen LogP contribution in [0.2, 0.25) is 5.02 Å². The Balaban J connectivity index is 1.71. The van der Waals surface area contributed by atoms with E-state index < -0.39 is 6.03 Å². The minimum Gasteiger partial charge on any atom is -0.381 e. The van der Waals surface area contributed by atoms with Gasteiger partial charge in [-0.25, -0.2) is 4.79 Å². The topological polar surface area (TPSA) is 70.7 Å². The largest absolute Gasteiger partial charge is 0.381 e. The van der Waals surface area contributed by atoms with E-state index in [4.69, 9.17) is 16.3 Å². The van der Waals surface area contributed by atoms with Gasteiger partial charge in [-0.05, 0) is 31.5 Å². The molecule has 0 aliphatic carbocycles. The number of halogens is 1. The van der Waals surface area contributed by atoms with Crippen molar-refractivity contribution < 1.29 is 14.3 Å². The molecule has 0 spiro atoms. The maximum atomic E-state index is 12.1. The quantitative estimate of drug-likeness (QED) is 0.835. The fraction of sp³-hybridized carbons (Fsp3) is 0.500. The van der Waals surface area contributed by atoms with Gasteiger partial charge in [-0.3, -0.25) is 4.79 Å². The first kappa shape index (κ1) is 17.6. The molecule has 1 aliphatic rings. The van der Waals surface area contributed by atoms with Crippen LogP contribution in [0.3, 0.4) is 0 Å². The Kier molecular flexibility index (Phi) is 6.67. The first-order chi connectivity index (χ1) is 11.1. The van der Waals surface area contributed by atoms with Gasteiger partial charge in [0.15, 0.2) is 0 Å². The summed E-state index contributed by atoms with van der Waals surface area (Å²) in [5.74, 6) is 0.310. The molecule has 0 radical (unpaired) electrons. The van der Waals surface area contributed by atoms with Crippen LogP contribution < -0.4 is 10.6 Å². The number of anilines is 1. The van der Waals surface area contributed by atoms with Crippen molar-refractivity contribution in [3.8, 4) is 0 Å². The van der Waals surface area contributed by atoms with Crippen LogP contribution in [-0.4, -0.2) is 49.7 Å². The molecule has 1 aromatic carbocycles. The second-order valence-electron chi connectivity index (χ2n) is 5.47. The summed E-state index contributed by atoms with van der Waals surface area (Å²) in [4.78, 5) is 25.7. The second kappa shape index (κ2) is 8.74. The monoisotopic (exact) mass is 339 g/mol. The molecular weight excluding hydrogens is 318 g/mol. The van der Waals surface area contributed by atoms with E-state index in [-0.39, 0.29) is 12.5 Å². The van der Waals surface area contributed by atoms with Gasteiger partial charge in [-0.2, -0.15) is 0 Å². The summed E-state index contributed by atoms with van der Waals surface area (Å²) in [6.45, 7) is 4.72. The first-order valence-corrected chi connectivity index (χ1v) is 8.12. The number of nitrogens with one attached hydrogen (secondary N) is 2. The van der Waals surface area contributed by atoms with Crippen molar-refractivity contribution in [3.05, 3.63) is 29.3 Å². The number of urea groups is 1. The summed E-state index contributed by atoms with van der Waals surface area (Å²) in [6, 6.07) is 6.41. The highest BCUT2D eigenvalue weighted by Gasteiger charge is 2.26. The van der Waals surface area contributed by atoms with Crippen LogP contribution in [0.1, 0.15) is 13.3 Å². The molecule has 23 heavy (non-hydrogen) atoms. The lowest BCUT2D eigenvalue weighted by Crippen LogP contribution is -2.40. The average molecular weight is 340 g/mol. The highest BCUT2D eigenvalue weighted by Crippen LogP contribution is 2.16. The van der Waals surface area contributed by atoms with E-state index in [9.17, 15) is 9.59 Å². The highest BCUT2D eigenvalue weighted by molar-refractivity contribution is 6.30. The van der Waals surface area contributed by atoms with Gasteiger partial charge in [0.25, 0.3) is 0 Å². The molecule has 2 N–H and O–H groups in total. The minimum absolute atomic E-state index is 0.0201. The van der Waals surface area contributed by atoms with E-state index in [2.05, 4.69) is 10.6 Å². The molecule has 1 aliphatic heterocycles. The lowest BCUT2D eigenvalue weighted by Gasteiger charge is -2.17. The van der Waals surface area contributed by atoms with E-state index in [1.807, 2.05) is 6.92 Å². The Hall–Kier alpha value is -1.79. The molecule has 126 valence electrons. The van der Waals surface area contributed by atoms with Gasteiger partial charge in [0, 0.05) is 36.3 Å². The molecule has 7 heteroatoms. The third kappa shape index (κ3) is 5.73. The lowest BCUT2D eigenvalue weighted by molar-refractivity contribution is -0.129. The van der Waals surface area contributed by atoms with Crippen molar-refractivity contribution in [2.45, 2.75) is 13.3 Å². The molecule has 1 heterocycles. The molecule has 1 fully saturated rings. The van der Waals surface area contributed by atoms with Crippen LogP contribution in [-0.2, 0) is 9.53 Å². The number of nitrogens with zero attached hydrogens (tertiary/aromatic N) is 1. The standard InChI is InChI=1S/C16H22ClN3O3/c1-2-23-11-12-6-7-20(10-12)15(21)9-18-16(22)19-14-5-3-4-13(17)8-14/h3-5,8,12H,2,6-7,9-11H2,1H3,(H2,18,19,22)/t12-/m0/s1. The Labute approximate surface area is 141 Å². The summed E-state index contributed by atoms with van der Waals surface area (Å²) in [5, 5.41) is 5.75. The fourth-order valence-electron chi connectivity index (χ4n) is 2.49. The van der Waals surface area contributed by atoms with Crippen LogP contribution >= 0.6 is 11.6 Å². The van der Waals surface area contributed by atoms with Crippen LogP contribution in [0.4, 0.5) is 10.5 Å². The molecule has 0 aromatic heterocycles. The van der Waals surface area contributed by atoms with Gasteiger partial charge in [0.2, 0.25) is 5.91 Å². The van der Waals surface area contributed by atoms with Gasteiger partial charge < -0.3 is 20.3 Å². The third-order valence-electron chi connectivity index (χ3n) is 3.68. The van der Waals surface area contributed by atoms with Gasteiger partial charge in [-0.1, -0.05) is 17.7 Å². The predicted octanol–water partition coefficient (Wildman–Crippen LogP) is 2.35. The van der Waals surface area contributed by atoms with Crippen LogP contribution in [0, 0.1) is 5.92 Å². The number of carbonyl (C=O) groups excluding carboxylic acids is 2. The van der Waals surface area contributed by atoms with E-state index in [0.29, 0.717) is 42.9 Å². The smallest absolute Gasteiger partial charge is 0.319 e. The highest BCUT2D eigenvalue weighted by atomic mass is 35.5. The number of amides is 3. The molecule has 1 saturated heterocycles. The number of rotatable bonds is 6. The number of ether oxygens (including phenoxy) is 1. The predicted molar refractivity (Wildman–Crippen MR) is 89.7 cm³/mol. The minimum atomic E-state index is -0.425. The Morgan fingerprint density at radius 1 is 1.43 bits per heavy atom. The lowest BCUT2D eigenvalue weighted by atomic mass is 10.1. The Bertz CT molecular complexity index is 553. The molecule has 6 nitrogen and oxygen atoms in total. The Morgan fingerprint density at radius 3 is 3.00 bits per heavy atom. The van der Waals surface area contributed by atoms with Crippen molar-refractivity contribution in [1.29, 1.82) is 0 Å². The van der Waals surface area contributed by atoms with E-state index in [0.717, 1.165) is 6.42 Å². The van der Waals surface area contributed by atoms with Crippen LogP contribution in [0.5, 0.6) is 0 Å². The average Bonchev–Trinajstić information content (AvgIpc) is 2.99. The fourth-order valence-corrected chi connectivity index (χ4v) is 2.68. The molecule has 0 bridgehead atoms. The summed E-state index contributed by atoms with van der Waals surface area (Å²) in [5.41, 5.74) is 0.584. The summed E-state index contributed by atoms with van der Waals surface area (Å²) in [7, 11) is 0. The van der Waals surface area contributed by atoms with E-state index in [1.165, 1.54) is 0 Å². The number of likely N-dealkylation sites (tertiary alicyclic amines) is 1. The maximum absolute atomic E-state index is 12.1. The third-order valence-corrected chi connectivity index (χ3v) is 3.91. The zero-order chi connectivity index (χ0) is 16.7.